The van der Waals surface area contributed by atoms with Gasteiger partial charge >= 0.3 is 6.18 Å². The second-order valence-corrected chi connectivity index (χ2v) is 9.80. The van der Waals surface area contributed by atoms with Crippen LogP contribution in [0.1, 0.15) is 12.5 Å². The molecule has 0 saturated heterocycles. The first-order valence-corrected chi connectivity index (χ1v) is 11.2. The van der Waals surface area contributed by atoms with Crippen molar-refractivity contribution in [1.29, 1.82) is 0 Å². The summed E-state index contributed by atoms with van der Waals surface area (Å²) < 4.78 is 66.9. The molecular weight excluding hydrogens is 485 g/mol. The predicted octanol–water partition coefficient (Wildman–Crippen LogP) is 4.76. The van der Waals surface area contributed by atoms with E-state index in [4.69, 9.17) is 0 Å². The first kappa shape index (κ1) is 20.7. The largest absolute Gasteiger partial charge is 0.417 e. The molecule has 0 aliphatic heterocycles. The Morgan fingerprint density at radius 3 is 2.50 bits per heavy atom. The molecule has 0 spiro atoms. The molecule has 4 aromatic rings. The Bertz CT molecular complexity index is 1420. The van der Waals surface area contributed by atoms with Crippen LogP contribution in [0.25, 0.3) is 33.6 Å². The molecule has 0 saturated carbocycles. The van der Waals surface area contributed by atoms with Gasteiger partial charge in [-0.15, -0.1) is 0 Å². The Kier molecular flexibility index (Phi) is 4.85. The fraction of sp³-hybridized carbons (Fsp3) is 0.211. The molecule has 3 heterocycles. The van der Waals surface area contributed by atoms with Gasteiger partial charge in [0.2, 0.25) is 0 Å². The maximum Gasteiger partial charge on any atom is 0.417 e. The number of hydrogen-bond acceptors (Lipinski definition) is 5. The zero-order valence-corrected chi connectivity index (χ0v) is 18.1. The van der Waals surface area contributed by atoms with Crippen molar-refractivity contribution < 1.29 is 21.6 Å². The van der Waals surface area contributed by atoms with E-state index in [0.29, 0.717) is 10.9 Å². The van der Waals surface area contributed by atoms with E-state index >= 15 is 0 Å². The fourth-order valence-corrected chi connectivity index (χ4v) is 4.55. The third kappa shape index (κ3) is 3.45. The third-order valence-corrected chi connectivity index (χ3v) is 6.94. The van der Waals surface area contributed by atoms with Crippen LogP contribution in [0.15, 0.2) is 45.9 Å². The lowest BCUT2D eigenvalue weighted by Gasteiger charge is -2.11. The molecule has 4 rings (SSSR count). The van der Waals surface area contributed by atoms with Crippen LogP contribution >= 0.6 is 15.9 Å². The summed E-state index contributed by atoms with van der Waals surface area (Å²) in [5.74, 6) is -0.0459. The Morgan fingerprint density at radius 2 is 1.83 bits per heavy atom. The molecule has 0 N–H and O–H groups in total. The standard InChI is InChI=1S/C19H14BrF3N4O2S/c1-3-30(28,29)15-7-10-6-12(20)4-5-13(10)25-16(15)18-26-14-8-11(19(21,22)23)9-24-17(14)27(18)2/h4-9H,3H2,1-2H3. The second-order valence-electron chi connectivity index (χ2n) is 6.63. The van der Waals surface area contributed by atoms with Gasteiger partial charge < -0.3 is 4.57 Å². The average molecular weight is 499 g/mol. The maximum atomic E-state index is 13.0. The zero-order chi connectivity index (χ0) is 21.8. The molecular formula is C19H14BrF3N4O2S. The van der Waals surface area contributed by atoms with Crippen LogP contribution in [-0.4, -0.2) is 33.7 Å². The van der Waals surface area contributed by atoms with Gasteiger partial charge in [-0.2, -0.15) is 13.2 Å². The van der Waals surface area contributed by atoms with Gasteiger partial charge in [0, 0.05) is 23.1 Å². The van der Waals surface area contributed by atoms with E-state index in [1.54, 1.807) is 25.2 Å². The summed E-state index contributed by atoms with van der Waals surface area (Å²) >= 11 is 3.35. The topological polar surface area (TPSA) is 77.7 Å². The van der Waals surface area contributed by atoms with Crippen LogP contribution in [0, 0.1) is 0 Å². The highest BCUT2D eigenvalue weighted by Crippen LogP contribution is 2.34. The first-order chi connectivity index (χ1) is 14.0. The monoisotopic (exact) mass is 498 g/mol. The third-order valence-electron chi connectivity index (χ3n) is 4.71. The van der Waals surface area contributed by atoms with Gasteiger partial charge in [0.25, 0.3) is 0 Å². The SMILES string of the molecule is CCS(=O)(=O)c1cc2cc(Br)ccc2nc1-c1nc2cc(C(F)(F)F)cnc2n1C. The molecule has 0 fully saturated rings. The van der Waals surface area contributed by atoms with Gasteiger partial charge in [-0.3, -0.25) is 0 Å². The molecule has 0 atom stereocenters. The second kappa shape index (κ2) is 7.02. The van der Waals surface area contributed by atoms with Gasteiger partial charge in [0.15, 0.2) is 21.3 Å². The van der Waals surface area contributed by atoms with Gasteiger partial charge in [-0.1, -0.05) is 22.9 Å². The first-order valence-electron chi connectivity index (χ1n) is 8.74. The molecule has 0 aliphatic carbocycles. The summed E-state index contributed by atoms with van der Waals surface area (Å²) in [6, 6.07) is 7.62. The summed E-state index contributed by atoms with van der Waals surface area (Å²) in [4.78, 5) is 12.6. The van der Waals surface area contributed by atoms with Crippen molar-refractivity contribution in [3.05, 3.63) is 46.6 Å². The van der Waals surface area contributed by atoms with Crippen molar-refractivity contribution >= 4 is 47.8 Å². The van der Waals surface area contributed by atoms with E-state index in [9.17, 15) is 21.6 Å². The highest BCUT2D eigenvalue weighted by molar-refractivity contribution is 9.10. The number of alkyl halides is 3. The van der Waals surface area contributed by atoms with Crippen LogP contribution in [0.2, 0.25) is 0 Å². The van der Waals surface area contributed by atoms with Crippen molar-refractivity contribution in [2.75, 3.05) is 5.75 Å². The molecule has 3 aromatic heterocycles. The summed E-state index contributed by atoms with van der Waals surface area (Å²) in [6.07, 6.45) is -3.84. The molecule has 0 bridgehead atoms. The Hall–Kier alpha value is -2.53. The molecule has 30 heavy (non-hydrogen) atoms. The molecule has 0 radical (unpaired) electrons. The number of hydrogen-bond donors (Lipinski definition) is 0. The van der Waals surface area contributed by atoms with E-state index in [-0.39, 0.29) is 33.3 Å². The number of aryl methyl sites for hydroxylation is 1. The van der Waals surface area contributed by atoms with E-state index in [0.717, 1.165) is 16.7 Å². The van der Waals surface area contributed by atoms with Crippen LogP contribution in [0.4, 0.5) is 13.2 Å². The van der Waals surface area contributed by atoms with Crippen molar-refractivity contribution in [3.63, 3.8) is 0 Å². The summed E-state index contributed by atoms with van der Waals surface area (Å²) in [5, 5.41) is 0.608. The zero-order valence-electron chi connectivity index (χ0n) is 15.7. The fourth-order valence-electron chi connectivity index (χ4n) is 3.12. The Morgan fingerprint density at radius 1 is 1.10 bits per heavy atom. The number of rotatable bonds is 3. The maximum absolute atomic E-state index is 13.0. The molecule has 156 valence electrons. The van der Waals surface area contributed by atoms with Gasteiger partial charge in [0.1, 0.15) is 11.2 Å². The van der Waals surface area contributed by atoms with Gasteiger partial charge in [-0.05, 0) is 30.3 Å². The number of nitrogens with zero attached hydrogens (tertiary/aromatic N) is 4. The molecule has 1 aromatic carbocycles. The summed E-state index contributed by atoms with van der Waals surface area (Å²) in [6.45, 7) is 1.51. The highest BCUT2D eigenvalue weighted by atomic mass is 79.9. The van der Waals surface area contributed by atoms with E-state index in [1.807, 2.05) is 0 Å². The van der Waals surface area contributed by atoms with Crippen molar-refractivity contribution in [1.82, 2.24) is 19.5 Å². The molecule has 0 amide bonds. The molecule has 11 heteroatoms. The number of pyridine rings is 2. The van der Waals surface area contributed by atoms with E-state index in [1.165, 1.54) is 17.6 Å². The van der Waals surface area contributed by atoms with Crippen LogP contribution < -0.4 is 0 Å². The van der Waals surface area contributed by atoms with E-state index in [2.05, 4.69) is 30.9 Å². The van der Waals surface area contributed by atoms with Crippen molar-refractivity contribution in [2.24, 2.45) is 7.05 Å². The normalized spacial score (nSPS) is 12.7. The smallest absolute Gasteiger partial charge is 0.310 e. The summed E-state index contributed by atoms with van der Waals surface area (Å²) in [7, 11) is -2.14. The number of benzene rings is 1. The molecule has 6 nitrogen and oxygen atoms in total. The minimum atomic E-state index is -4.57. The van der Waals surface area contributed by atoms with Crippen LogP contribution in [0.5, 0.6) is 0 Å². The van der Waals surface area contributed by atoms with E-state index < -0.39 is 21.6 Å². The van der Waals surface area contributed by atoms with Gasteiger partial charge in [-0.25, -0.2) is 23.4 Å². The highest BCUT2D eigenvalue weighted by Gasteiger charge is 2.32. The lowest BCUT2D eigenvalue weighted by atomic mass is 10.2. The number of aromatic nitrogens is 4. The number of sulfone groups is 1. The van der Waals surface area contributed by atoms with Crippen LogP contribution in [-0.2, 0) is 23.1 Å². The lowest BCUT2D eigenvalue weighted by molar-refractivity contribution is -0.137. The predicted molar refractivity (Wildman–Crippen MR) is 110 cm³/mol. The van der Waals surface area contributed by atoms with Crippen LogP contribution in [0.3, 0.4) is 0 Å². The minimum absolute atomic E-state index is 0.000116. The molecule has 0 aliphatic rings. The number of fused-ring (bicyclic) bond motifs is 2. The minimum Gasteiger partial charge on any atom is -0.310 e. The average Bonchev–Trinajstić information content (AvgIpc) is 3.02. The quantitative estimate of drug-likeness (QED) is 0.407. The van der Waals surface area contributed by atoms with Crippen molar-refractivity contribution in [2.45, 2.75) is 18.0 Å². The van der Waals surface area contributed by atoms with Gasteiger partial charge in [0.05, 0.1) is 21.7 Å². The Balaban J connectivity index is 2.05. The van der Waals surface area contributed by atoms with Crippen molar-refractivity contribution in [3.8, 4) is 11.5 Å². The molecule has 0 unspecified atom stereocenters. The lowest BCUT2D eigenvalue weighted by Crippen LogP contribution is -2.09. The number of halogens is 4. The Labute approximate surface area is 177 Å². The number of imidazole rings is 1. The summed E-state index contributed by atoms with van der Waals surface area (Å²) in [5.41, 5.74) is -0.146.